The quantitative estimate of drug-likeness (QED) is 0.632. The lowest BCUT2D eigenvalue weighted by Crippen LogP contribution is -2.00. The van der Waals surface area contributed by atoms with Gasteiger partial charge in [-0.3, -0.25) is 0 Å². The second-order valence-electron chi connectivity index (χ2n) is 2.04. The Balaban J connectivity index is 3.17. The molecule has 1 rings (SSSR count). The van der Waals surface area contributed by atoms with Crippen LogP contribution in [0.5, 0.6) is 0 Å². The predicted octanol–water partition coefficient (Wildman–Crippen LogP) is 1.79. The lowest BCUT2D eigenvalue weighted by molar-refractivity contribution is 0.193. The number of hydrogen-bond acceptors (Lipinski definition) is 3. The molecule has 0 saturated heterocycles. The summed E-state index contributed by atoms with van der Waals surface area (Å²) in [6, 6.07) is 0. The van der Waals surface area contributed by atoms with Crippen molar-refractivity contribution in [3.05, 3.63) is 20.7 Å². The van der Waals surface area contributed by atoms with Gasteiger partial charge in [-0.1, -0.05) is 11.6 Å². The van der Waals surface area contributed by atoms with Crippen molar-refractivity contribution in [2.75, 3.05) is 0 Å². The van der Waals surface area contributed by atoms with E-state index in [2.05, 4.69) is 9.97 Å². The SMILES string of the molecule is CC(O)c1ncnc(Cl)c1I. The first-order chi connectivity index (χ1) is 5.13. The van der Waals surface area contributed by atoms with Crippen LogP contribution in [0.15, 0.2) is 6.33 Å². The molecule has 0 radical (unpaired) electrons. The summed E-state index contributed by atoms with van der Waals surface area (Å²) < 4.78 is 0.710. The molecule has 60 valence electrons. The van der Waals surface area contributed by atoms with Crippen LogP contribution in [0.25, 0.3) is 0 Å². The van der Waals surface area contributed by atoms with Gasteiger partial charge in [0.15, 0.2) is 0 Å². The van der Waals surface area contributed by atoms with E-state index in [1.165, 1.54) is 6.33 Å². The Morgan fingerprint density at radius 3 is 2.73 bits per heavy atom. The van der Waals surface area contributed by atoms with Crippen molar-refractivity contribution in [3.63, 3.8) is 0 Å². The summed E-state index contributed by atoms with van der Waals surface area (Å²) in [6.45, 7) is 1.64. The first-order valence-corrected chi connectivity index (χ1v) is 4.42. The van der Waals surface area contributed by atoms with Gasteiger partial charge < -0.3 is 5.11 Å². The maximum Gasteiger partial charge on any atom is 0.146 e. The molecule has 0 aliphatic carbocycles. The Kier molecular flexibility index (Phi) is 3.03. The van der Waals surface area contributed by atoms with Crippen LogP contribution >= 0.6 is 34.2 Å². The van der Waals surface area contributed by atoms with Crippen LogP contribution in [0.2, 0.25) is 5.15 Å². The summed E-state index contributed by atoms with van der Waals surface area (Å²) in [7, 11) is 0. The zero-order valence-electron chi connectivity index (χ0n) is 5.75. The summed E-state index contributed by atoms with van der Waals surface area (Å²) >= 11 is 7.69. The number of aliphatic hydroxyl groups is 1. The van der Waals surface area contributed by atoms with Crippen molar-refractivity contribution in [2.24, 2.45) is 0 Å². The normalized spacial score (nSPS) is 13.1. The Morgan fingerprint density at radius 2 is 2.27 bits per heavy atom. The third-order valence-electron chi connectivity index (χ3n) is 1.17. The second kappa shape index (κ2) is 3.64. The number of aromatic nitrogens is 2. The van der Waals surface area contributed by atoms with E-state index < -0.39 is 6.10 Å². The Labute approximate surface area is 83.0 Å². The standard InChI is InChI=1S/C6H6ClIN2O/c1-3(11)5-4(8)6(7)10-2-9-5/h2-3,11H,1H3. The first-order valence-electron chi connectivity index (χ1n) is 2.97. The molecular weight excluding hydrogens is 278 g/mol. The molecular formula is C6H6ClIN2O. The number of nitrogens with zero attached hydrogens (tertiary/aromatic N) is 2. The van der Waals surface area contributed by atoms with Gasteiger partial charge in [-0.25, -0.2) is 9.97 Å². The minimum absolute atomic E-state index is 0.386. The van der Waals surface area contributed by atoms with Crippen LogP contribution in [0.1, 0.15) is 18.7 Å². The molecule has 0 spiro atoms. The topological polar surface area (TPSA) is 46.0 Å². The van der Waals surface area contributed by atoms with Crippen molar-refractivity contribution >= 4 is 34.2 Å². The van der Waals surface area contributed by atoms with Crippen LogP contribution in [0.3, 0.4) is 0 Å². The van der Waals surface area contributed by atoms with Crippen LogP contribution < -0.4 is 0 Å². The van der Waals surface area contributed by atoms with Crippen molar-refractivity contribution in [3.8, 4) is 0 Å². The van der Waals surface area contributed by atoms with E-state index in [4.69, 9.17) is 11.6 Å². The molecule has 1 N–H and O–H groups in total. The van der Waals surface area contributed by atoms with Gasteiger partial charge in [0.05, 0.1) is 15.4 Å². The van der Waals surface area contributed by atoms with Gasteiger partial charge in [0.2, 0.25) is 0 Å². The highest BCUT2D eigenvalue weighted by Gasteiger charge is 2.10. The summed E-state index contributed by atoms with van der Waals surface area (Å²) in [5.74, 6) is 0. The maximum absolute atomic E-state index is 9.18. The monoisotopic (exact) mass is 284 g/mol. The van der Waals surface area contributed by atoms with Gasteiger partial charge >= 0.3 is 0 Å². The van der Waals surface area contributed by atoms with Crippen molar-refractivity contribution in [2.45, 2.75) is 13.0 Å². The van der Waals surface area contributed by atoms with Gasteiger partial charge in [0.25, 0.3) is 0 Å². The van der Waals surface area contributed by atoms with E-state index in [0.29, 0.717) is 14.4 Å². The third kappa shape index (κ3) is 2.00. The molecule has 0 bridgehead atoms. The molecule has 11 heavy (non-hydrogen) atoms. The highest BCUT2D eigenvalue weighted by molar-refractivity contribution is 14.1. The highest BCUT2D eigenvalue weighted by Crippen LogP contribution is 2.21. The van der Waals surface area contributed by atoms with Crippen molar-refractivity contribution in [1.82, 2.24) is 9.97 Å². The van der Waals surface area contributed by atoms with E-state index in [-0.39, 0.29) is 0 Å². The summed E-state index contributed by atoms with van der Waals surface area (Å²) in [6.07, 6.45) is 0.745. The molecule has 1 heterocycles. The lowest BCUT2D eigenvalue weighted by atomic mass is 10.3. The summed E-state index contributed by atoms with van der Waals surface area (Å²) in [4.78, 5) is 7.64. The van der Waals surface area contributed by atoms with E-state index in [0.717, 1.165) is 0 Å². The minimum atomic E-state index is -0.595. The summed E-state index contributed by atoms with van der Waals surface area (Å²) in [5.41, 5.74) is 0.575. The van der Waals surface area contributed by atoms with Gasteiger partial charge in [-0.15, -0.1) is 0 Å². The van der Waals surface area contributed by atoms with E-state index >= 15 is 0 Å². The Morgan fingerprint density at radius 1 is 1.64 bits per heavy atom. The zero-order chi connectivity index (χ0) is 8.43. The molecule has 1 unspecified atom stereocenters. The molecule has 0 aromatic carbocycles. The van der Waals surface area contributed by atoms with Crippen LogP contribution in [0.4, 0.5) is 0 Å². The second-order valence-corrected chi connectivity index (χ2v) is 3.48. The molecule has 0 aliphatic rings. The maximum atomic E-state index is 9.18. The average molecular weight is 284 g/mol. The molecule has 1 atom stereocenters. The molecule has 1 aromatic heterocycles. The number of halogens is 2. The van der Waals surface area contributed by atoms with E-state index in [1.807, 2.05) is 22.6 Å². The fourth-order valence-corrected chi connectivity index (χ4v) is 1.52. The lowest BCUT2D eigenvalue weighted by Gasteiger charge is -2.05. The fourth-order valence-electron chi connectivity index (χ4n) is 0.652. The third-order valence-corrected chi connectivity index (χ3v) is 2.84. The Hall–Kier alpha value is 0.0600. The highest BCUT2D eigenvalue weighted by atomic mass is 127. The molecule has 0 aliphatic heterocycles. The predicted molar refractivity (Wildman–Crippen MR) is 50.4 cm³/mol. The number of hydrogen-bond donors (Lipinski definition) is 1. The smallest absolute Gasteiger partial charge is 0.146 e. The van der Waals surface area contributed by atoms with Gasteiger partial charge in [0, 0.05) is 0 Å². The van der Waals surface area contributed by atoms with E-state index in [9.17, 15) is 5.11 Å². The molecule has 5 heteroatoms. The fraction of sp³-hybridized carbons (Fsp3) is 0.333. The first kappa shape index (κ1) is 9.15. The molecule has 0 amide bonds. The average Bonchev–Trinajstić information content (AvgIpc) is 1.94. The summed E-state index contributed by atoms with van der Waals surface area (Å²) in [5, 5.41) is 9.56. The van der Waals surface area contributed by atoms with Crippen LogP contribution in [-0.2, 0) is 0 Å². The number of aliphatic hydroxyl groups excluding tert-OH is 1. The minimum Gasteiger partial charge on any atom is -0.387 e. The molecule has 0 fully saturated rings. The van der Waals surface area contributed by atoms with Crippen molar-refractivity contribution < 1.29 is 5.11 Å². The van der Waals surface area contributed by atoms with Crippen LogP contribution in [-0.4, -0.2) is 15.1 Å². The number of rotatable bonds is 1. The van der Waals surface area contributed by atoms with E-state index in [1.54, 1.807) is 6.92 Å². The Bertz CT molecular complexity index is 267. The van der Waals surface area contributed by atoms with Gasteiger partial charge in [-0.05, 0) is 29.5 Å². The molecule has 3 nitrogen and oxygen atoms in total. The zero-order valence-corrected chi connectivity index (χ0v) is 8.67. The van der Waals surface area contributed by atoms with Crippen LogP contribution in [0, 0.1) is 3.57 Å². The van der Waals surface area contributed by atoms with Gasteiger partial charge in [-0.2, -0.15) is 0 Å². The largest absolute Gasteiger partial charge is 0.387 e. The molecule has 0 saturated carbocycles. The van der Waals surface area contributed by atoms with Crippen molar-refractivity contribution in [1.29, 1.82) is 0 Å². The van der Waals surface area contributed by atoms with Gasteiger partial charge in [0.1, 0.15) is 11.5 Å². The molecule has 1 aromatic rings.